The number of aliphatic carboxylic acids is 1. The van der Waals surface area contributed by atoms with Crippen LogP contribution in [0.3, 0.4) is 0 Å². The molecule has 0 heterocycles. The molecule has 0 bridgehead atoms. The number of hydrogen-bond acceptors (Lipinski definition) is 9. The summed E-state index contributed by atoms with van der Waals surface area (Å²) in [4.78, 5) is 53.5. The van der Waals surface area contributed by atoms with E-state index in [0.29, 0.717) is 24.3 Å². The van der Waals surface area contributed by atoms with E-state index in [0.717, 1.165) is 0 Å². The first-order chi connectivity index (χ1) is 16.4. The van der Waals surface area contributed by atoms with Crippen LogP contribution in [0.5, 0.6) is 0 Å². The number of thioether (sulfide) groups is 2. The molecule has 15 heteroatoms. The molecular formula is C20H39N7O6S2. The van der Waals surface area contributed by atoms with Gasteiger partial charge < -0.3 is 43.4 Å². The van der Waals surface area contributed by atoms with Gasteiger partial charge in [0.05, 0.1) is 12.1 Å². The van der Waals surface area contributed by atoms with E-state index >= 15 is 0 Å². The van der Waals surface area contributed by atoms with Crippen molar-refractivity contribution in [3.8, 4) is 0 Å². The molecule has 0 aromatic carbocycles. The quantitative estimate of drug-likeness (QED) is 0.0530. The van der Waals surface area contributed by atoms with Crippen LogP contribution in [0, 0.1) is 0 Å². The number of nitrogens with two attached hydrogens (primary N) is 3. The van der Waals surface area contributed by atoms with Crippen LogP contribution in [0.15, 0.2) is 4.99 Å². The van der Waals surface area contributed by atoms with Gasteiger partial charge in [0.25, 0.3) is 0 Å². The molecular weight excluding hydrogens is 498 g/mol. The van der Waals surface area contributed by atoms with Gasteiger partial charge in [-0.05, 0) is 56.6 Å². The van der Waals surface area contributed by atoms with E-state index < -0.39 is 54.0 Å². The first-order valence-corrected chi connectivity index (χ1v) is 13.8. The van der Waals surface area contributed by atoms with E-state index in [9.17, 15) is 29.4 Å². The Kier molecular flexibility index (Phi) is 16.9. The second-order valence-electron chi connectivity index (χ2n) is 7.81. The van der Waals surface area contributed by atoms with Crippen LogP contribution in [0.2, 0.25) is 0 Å². The Morgan fingerprint density at radius 1 is 0.886 bits per heavy atom. The highest BCUT2D eigenvalue weighted by Gasteiger charge is 2.32. The topological polar surface area (TPSA) is 235 Å². The van der Waals surface area contributed by atoms with Crippen molar-refractivity contribution in [2.45, 2.75) is 62.9 Å². The minimum Gasteiger partial charge on any atom is -0.480 e. The molecule has 0 spiro atoms. The summed E-state index contributed by atoms with van der Waals surface area (Å²) in [7, 11) is 0. The van der Waals surface area contributed by atoms with E-state index in [1.54, 1.807) is 0 Å². The molecule has 3 amide bonds. The highest BCUT2D eigenvalue weighted by atomic mass is 32.2. The molecule has 5 atom stereocenters. The maximum absolute atomic E-state index is 12.9. The maximum atomic E-state index is 12.9. The van der Waals surface area contributed by atoms with Gasteiger partial charge in [0.1, 0.15) is 18.1 Å². The number of guanidine groups is 1. The van der Waals surface area contributed by atoms with E-state index in [1.807, 2.05) is 12.5 Å². The number of carbonyl (C=O) groups excluding carboxylic acids is 3. The molecule has 0 radical (unpaired) electrons. The Bertz CT molecular complexity index is 722. The average molecular weight is 538 g/mol. The molecule has 0 aliphatic rings. The predicted molar refractivity (Wildman–Crippen MR) is 139 cm³/mol. The highest BCUT2D eigenvalue weighted by molar-refractivity contribution is 7.98. The van der Waals surface area contributed by atoms with Crippen LogP contribution in [-0.4, -0.2) is 101 Å². The number of carboxylic acid groups (broad SMARTS) is 1. The highest BCUT2D eigenvalue weighted by Crippen LogP contribution is 2.06. The number of carbonyl (C=O) groups is 4. The second-order valence-corrected chi connectivity index (χ2v) is 9.78. The molecule has 202 valence electrons. The molecule has 11 N–H and O–H groups in total. The number of aliphatic hydroxyl groups excluding tert-OH is 1. The molecule has 0 fully saturated rings. The van der Waals surface area contributed by atoms with E-state index in [4.69, 9.17) is 17.2 Å². The van der Waals surface area contributed by atoms with Gasteiger partial charge in [0, 0.05) is 6.54 Å². The number of rotatable bonds is 18. The number of nitrogens with one attached hydrogen (secondary N) is 3. The van der Waals surface area contributed by atoms with Gasteiger partial charge in [-0.15, -0.1) is 0 Å². The summed E-state index contributed by atoms with van der Waals surface area (Å²) < 4.78 is 0. The molecule has 0 rings (SSSR count). The molecule has 0 aliphatic carbocycles. The number of hydrogen-bond donors (Lipinski definition) is 8. The number of carboxylic acids is 1. The van der Waals surface area contributed by atoms with E-state index in [1.165, 1.54) is 30.4 Å². The minimum absolute atomic E-state index is 0.0803. The summed E-state index contributed by atoms with van der Waals surface area (Å²) in [6.45, 7) is 1.49. The fourth-order valence-electron chi connectivity index (χ4n) is 2.84. The Hall–Kier alpha value is -2.23. The van der Waals surface area contributed by atoms with Crippen molar-refractivity contribution >= 4 is 53.2 Å². The Morgan fingerprint density at radius 3 is 1.97 bits per heavy atom. The third-order valence-electron chi connectivity index (χ3n) is 4.84. The van der Waals surface area contributed by atoms with Gasteiger partial charge >= 0.3 is 5.97 Å². The SMILES string of the molecule is CSCCC(N)C(=O)NC(C(=O)NC(CCCN=C(N)N)C(=O)NC(CCSC)C(=O)O)C(C)O. The van der Waals surface area contributed by atoms with Crippen molar-refractivity contribution in [2.75, 3.05) is 30.6 Å². The van der Waals surface area contributed by atoms with Crippen LogP contribution in [0.4, 0.5) is 0 Å². The lowest BCUT2D eigenvalue weighted by molar-refractivity contribution is -0.142. The monoisotopic (exact) mass is 537 g/mol. The smallest absolute Gasteiger partial charge is 0.326 e. The summed E-state index contributed by atoms with van der Waals surface area (Å²) >= 11 is 2.94. The van der Waals surface area contributed by atoms with Gasteiger partial charge in [-0.1, -0.05) is 0 Å². The molecule has 0 saturated heterocycles. The van der Waals surface area contributed by atoms with Gasteiger partial charge in [0.2, 0.25) is 17.7 Å². The third kappa shape index (κ3) is 14.0. The van der Waals surface area contributed by atoms with Crippen molar-refractivity contribution < 1.29 is 29.4 Å². The molecule has 5 unspecified atom stereocenters. The molecule has 13 nitrogen and oxygen atoms in total. The number of aliphatic hydroxyl groups is 1. The van der Waals surface area contributed by atoms with Crippen LogP contribution in [-0.2, 0) is 19.2 Å². The summed E-state index contributed by atoms with van der Waals surface area (Å²) in [5.41, 5.74) is 16.4. The van der Waals surface area contributed by atoms with Crippen molar-refractivity contribution in [3.63, 3.8) is 0 Å². The lowest BCUT2D eigenvalue weighted by Gasteiger charge is -2.26. The third-order valence-corrected chi connectivity index (χ3v) is 6.12. The fourth-order valence-corrected chi connectivity index (χ4v) is 3.80. The van der Waals surface area contributed by atoms with Gasteiger partial charge in [-0.25, -0.2) is 4.79 Å². The van der Waals surface area contributed by atoms with Crippen molar-refractivity contribution in [3.05, 3.63) is 0 Å². The summed E-state index contributed by atoms with van der Waals surface area (Å²) in [5, 5.41) is 26.8. The number of amides is 3. The summed E-state index contributed by atoms with van der Waals surface area (Å²) in [6.07, 6.45) is 3.34. The molecule has 0 aliphatic heterocycles. The summed E-state index contributed by atoms with van der Waals surface area (Å²) in [6, 6.07) is -4.55. The van der Waals surface area contributed by atoms with E-state index in [-0.39, 0.29) is 25.3 Å². The Labute approximate surface area is 214 Å². The van der Waals surface area contributed by atoms with Crippen molar-refractivity contribution in [1.82, 2.24) is 16.0 Å². The largest absolute Gasteiger partial charge is 0.480 e. The maximum Gasteiger partial charge on any atom is 0.326 e. The Balaban J connectivity index is 5.48. The first-order valence-electron chi connectivity index (χ1n) is 11.0. The van der Waals surface area contributed by atoms with Gasteiger partial charge in [0.15, 0.2) is 5.96 Å². The van der Waals surface area contributed by atoms with Gasteiger partial charge in [-0.2, -0.15) is 23.5 Å². The molecule has 35 heavy (non-hydrogen) atoms. The zero-order valence-electron chi connectivity index (χ0n) is 20.4. The molecule has 0 saturated carbocycles. The lowest BCUT2D eigenvalue weighted by Crippen LogP contribution is -2.59. The minimum atomic E-state index is -1.37. The zero-order valence-corrected chi connectivity index (χ0v) is 22.0. The van der Waals surface area contributed by atoms with Crippen LogP contribution in [0.25, 0.3) is 0 Å². The average Bonchev–Trinajstić information content (AvgIpc) is 2.79. The Morgan fingerprint density at radius 2 is 1.46 bits per heavy atom. The van der Waals surface area contributed by atoms with Gasteiger partial charge in [-0.3, -0.25) is 19.4 Å². The van der Waals surface area contributed by atoms with Crippen LogP contribution >= 0.6 is 23.5 Å². The second kappa shape index (κ2) is 18.1. The zero-order chi connectivity index (χ0) is 27.0. The standard InChI is InChI=1S/C20H39N7O6S2/c1-11(28)15(27-16(29)12(21)6-9-34-2)18(31)25-13(5-4-8-24-20(22)23)17(30)26-14(19(32)33)7-10-35-3/h11-15,28H,4-10,21H2,1-3H3,(H,25,31)(H,26,30)(H,27,29)(H,32,33)(H4,22,23,24). The number of aliphatic imine (C=N–C) groups is 1. The van der Waals surface area contributed by atoms with Crippen molar-refractivity contribution in [2.24, 2.45) is 22.2 Å². The first kappa shape index (κ1) is 32.8. The summed E-state index contributed by atoms with van der Waals surface area (Å²) in [5.74, 6) is -2.34. The van der Waals surface area contributed by atoms with Crippen LogP contribution < -0.4 is 33.2 Å². The lowest BCUT2D eigenvalue weighted by atomic mass is 10.1. The molecule has 0 aromatic rings. The van der Waals surface area contributed by atoms with E-state index in [2.05, 4.69) is 20.9 Å². The fraction of sp³-hybridized carbons (Fsp3) is 0.750. The number of nitrogens with zero attached hydrogens (tertiary/aromatic N) is 1. The predicted octanol–water partition coefficient (Wildman–Crippen LogP) is -2.21. The van der Waals surface area contributed by atoms with Crippen molar-refractivity contribution in [1.29, 1.82) is 0 Å². The van der Waals surface area contributed by atoms with Crippen LogP contribution in [0.1, 0.15) is 32.6 Å². The molecule has 0 aromatic heterocycles. The normalized spacial score (nSPS) is 15.1.